The van der Waals surface area contributed by atoms with Crippen molar-refractivity contribution < 1.29 is 9.47 Å². The molecule has 17 aliphatic carbocycles. The largest absolute Gasteiger partial charge is 0.382 e. The lowest BCUT2D eigenvalue weighted by Gasteiger charge is -2.62. The third-order valence-corrected chi connectivity index (χ3v) is 26.2. The third kappa shape index (κ3) is 2.84. The zero-order valence-electron chi connectivity index (χ0n) is 34.1. The van der Waals surface area contributed by atoms with E-state index in [-0.39, 0.29) is 0 Å². The van der Waals surface area contributed by atoms with Gasteiger partial charge < -0.3 is 9.47 Å². The highest BCUT2D eigenvalue weighted by molar-refractivity contribution is 5.51. The third-order valence-electron chi connectivity index (χ3n) is 26.2. The van der Waals surface area contributed by atoms with Crippen LogP contribution in [0.2, 0.25) is 0 Å². The Labute approximate surface area is 339 Å². The molecule has 1 spiro atoms. The minimum atomic E-state index is 0.451. The van der Waals surface area contributed by atoms with Crippen LogP contribution in [0, 0.1) is 165 Å². The Kier molecular flexibility index (Phi) is 5.01. The number of benzene rings is 1. The van der Waals surface area contributed by atoms with Gasteiger partial charge in [0.15, 0.2) is 0 Å². The molecule has 18 aliphatic rings. The van der Waals surface area contributed by atoms with Crippen molar-refractivity contribution in [1.29, 1.82) is 0 Å². The van der Waals surface area contributed by atoms with Crippen molar-refractivity contribution >= 4 is 0 Å². The lowest BCUT2D eigenvalue weighted by molar-refractivity contribution is -0.158. The van der Waals surface area contributed by atoms with E-state index in [1.54, 1.807) is 55.2 Å². The molecule has 3 heteroatoms. The van der Waals surface area contributed by atoms with Crippen molar-refractivity contribution in [3.8, 4) is 0 Å². The quantitative estimate of drug-likeness (QED) is 0.206. The van der Waals surface area contributed by atoms with Crippen molar-refractivity contribution in [1.82, 2.24) is 4.90 Å². The molecule has 0 aromatic heterocycles. The monoisotopic (exact) mass is 757 g/mol. The van der Waals surface area contributed by atoms with Gasteiger partial charge in [-0.15, -0.1) is 0 Å². The maximum absolute atomic E-state index is 6.42. The summed E-state index contributed by atoms with van der Waals surface area (Å²) in [5.74, 6) is 29.0. The summed E-state index contributed by atoms with van der Waals surface area (Å²) in [6, 6.07) is 8.73. The van der Waals surface area contributed by atoms with Crippen molar-refractivity contribution in [2.24, 2.45) is 165 Å². The fourth-order valence-corrected chi connectivity index (χ4v) is 27.1. The molecule has 1 aromatic rings. The zero-order chi connectivity index (χ0) is 35.8. The molecule has 3 nitrogen and oxygen atoms in total. The van der Waals surface area contributed by atoms with Gasteiger partial charge in [-0.2, -0.15) is 0 Å². The number of nitrogens with zero attached hydrogens (tertiary/aromatic N) is 1. The smallest absolute Gasteiger partial charge is 0.0700 e. The van der Waals surface area contributed by atoms with E-state index in [1.807, 2.05) is 7.11 Å². The number of hydrogen-bond donors (Lipinski definition) is 0. The van der Waals surface area contributed by atoms with Crippen LogP contribution in [0.1, 0.15) is 67.7 Å². The lowest BCUT2D eigenvalue weighted by atomic mass is 9.41. The van der Waals surface area contributed by atoms with Crippen LogP contribution in [0.5, 0.6) is 0 Å². The topological polar surface area (TPSA) is 21.7 Å². The summed E-state index contributed by atoms with van der Waals surface area (Å²) in [5.41, 5.74) is 12.2. The van der Waals surface area contributed by atoms with Gasteiger partial charge in [-0.3, -0.25) is 4.90 Å². The standard InChI is InChI=1S/C54H63NO2/c1-56-8-9-57-7-6-55-19-31-30-17-28-15-25-13-26-12-23-11-24-14-27-16-29-18-54(31,53(55)22-5-3-20-2-4-21(20)10-22)52-38(29)43-37(27)42-33(24)32(23)40-36(26)41-34(25)35(28)44-39(30)51(52)50-48(43)46(42)45(40)47(41)49(44)50/h3,5,10,12,23-25,27-29,31-38,40-53H,2,4,6-9,11,13-19H2,1H3. The first-order chi connectivity index (χ1) is 28.2. The fourth-order valence-electron chi connectivity index (χ4n) is 27.1. The Bertz CT molecular complexity index is 2200. The summed E-state index contributed by atoms with van der Waals surface area (Å²) < 4.78 is 11.9. The average molecular weight is 758 g/mol. The second-order valence-electron chi connectivity index (χ2n) is 25.8. The summed E-state index contributed by atoms with van der Waals surface area (Å²) in [5, 5.41) is 0. The van der Waals surface area contributed by atoms with Crippen molar-refractivity contribution in [2.75, 3.05) is 40.0 Å². The van der Waals surface area contributed by atoms with Crippen molar-refractivity contribution in [2.45, 2.75) is 63.8 Å². The average Bonchev–Trinajstić information content (AvgIpc) is 4.05. The highest BCUT2D eigenvalue weighted by Gasteiger charge is 2.89. The number of fused-ring (bicyclic) bond motifs is 2. The fraction of sp³-hybridized carbons (Fsp3) is 0.815. The van der Waals surface area contributed by atoms with Crippen LogP contribution >= 0.6 is 0 Å². The molecule has 296 valence electrons. The van der Waals surface area contributed by atoms with Crippen molar-refractivity contribution in [3.63, 3.8) is 0 Å². The molecule has 13 saturated carbocycles. The summed E-state index contributed by atoms with van der Waals surface area (Å²) in [7, 11) is 1.83. The molecule has 14 fully saturated rings. The predicted molar refractivity (Wildman–Crippen MR) is 215 cm³/mol. The van der Waals surface area contributed by atoms with E-state index in [0.29, 0.717) is 11.5 Å². The van der Waals surface area contributed by atoms with Crippen LogP contribution in [0.25, 0.3) is 0 Å². The van der Waals surface area contributed by atoms with Crippen LogP contribution in [0.4, 0.5) is 0 Å². The number of hydrogen-bond acceptors (Lipinski definition) is 3. The van der Waals surface area contributed by atoms with E-state index < -0.39 is 0 Å². The number of ether oxygens (including phenoxy) is 2. The van der Waals surface area contributed by atoms with Crippen molar-refractivity contribution in [3.05, 3.63) is 57.7 Å². The molecular formula is C54H63NO2. The maximum Gasteiger partial charge on any atom is 0.0700 e. The van der Waals surface area contributed by atoms with E-state index in [0.717, 1.165) is 186 Å². The van der Waals surface area contributed by atoms with Gasteiger partial charge in [-0.25, -0.2) is 0 Å². The first kappa shape index (κ1) is 30.6. The lowest BCUT2D eigenvalue weighted by Crippen LogP contribution is -2.59. The van der Waals surface area contributed by atoms with Gasteiger partial charge in [-0.05, 0) is 228 Å². The normalized spacial score (nSPS) is 66.4. The first-order valence-corrected chi connectivity index (χ1v) is 25.6. The Morgan fingerprint density at radius 1 is 0.632 bits per heavy atom. The highest BCUT2D eigenvalue weighted by Crippen LogP contribution is 2.93. The molecule has 0 amide bonds. The Morgan fingerprint density at radius 2 is 1.35 bits per heavy atom. The molecular weight excluding hydrogens is 695 g/mol. The van der Waals surface area contributed by atoms with Gasteiger partial charge >= 0.3 is 0 Å². The molecule has 0 bridgehead atoms. The van der Waals surface area contributed by atoms with Gasteiger partial charge in [0.05, 0.1) is 19.8 Å². The SMILES string of the molecule is COCCOCCN1CC2C3=C4C5C6C(C3)CC3CC7=CC8CC9CC%10CC%11CC2(C2C4C4C5C5C(C7C7C8C9C8C%10C(C4C8C75)C%112)C36)C1c1ccc2c(c1)CC2. The van der Waals surface area contributed by atoms with E-state index >= 15 is 0 Å². The molecule has 1 aromatic carbocycles. The Morgan fingerprint density at radius 3 is 2.25 bits per heavy atom. The molecule has 1 saturated heterocycles. The molecule has 0 N–H and O–H groups in total. The maximum atomic E-state index is 6.42. The van der Waals surface area contributed by atoms with Crippen LogP contribution < -0.4 is 0 Å². The number of allylic oxidation sites excluding steroid dienone is 3. The number of rotatable bonds is 7. The van der Waals surface area contributed by atoms with Gasteiger partial charge in [0, 0.05) is 37.6 Å². The minimum Gasteiger partial charge on any atom is -0.382 e. The summed E-state index contributed by atoms with van der Waals surface area (Å²) in [6.45, 7) is 4.78. The van der Waals surface area contributed by atoms with Gasteiger partial charge in [-0.1, -0.05) is 41.0 Å². The van der Waals surface area contributed by atoms with Crippen LogP contribution in [-0.4, -0.2) is 44.9 Å². The number of methoxy groups -OCH3 is 1. The van der Waals surface area contributed by atoms with E-state index in [2.05, 4.69) is 45.9 Å². The van der Waals surface area contributed by atoms with Gasteiger partial charge in [0.25, 0.3) is 0 Å². The molecule has 29 atom stereocenters. The molecule has 1 aliphatic heterocycles. The summed E-state index contributed by atoms with van der Waals surface area (Å²) >= 11 is 0. The second-order valence-corrected chi connectivity index (χ2v) is 25.8. The second kappa shape index (κ2) is 9.33. The van der Waals surface area contributed by atoms with Crippen LogP contribution in [-0.2, 0) is 22.3 Å². The Hall–Kier alpha value is -1.42. The predicted octanol–water partition coefficient (Wildman–Crippen LogP) is 8.60. The van der Waals surface area contributed by atoms with Crippen LogP contribution in [0.15, 0.2) is 41.0 Å². The minimum absolute atomic E-state index is 0.451. The van der Waals surface area contributed by atoms with Crippen LogP contribution in [0.3, 0.4) is 0 Å². The zero-order valence-corrected chi connectivity index (χ0v) is 34.1. The highest BCUT2D eigenvalue weighted by atomic mass is 16.5. The van der Waals surface area contributed by atoms with E-state index in [1.165, 1.54) is 25.8 Å². The number of aryl methyl sites for hydroxylation is 2. The van der Waals surface area contributed by atoms with E-state index in [4.69, 9.17) is 9.47 Å². The summed E-state index contributed by atoms with van der Waals surface area (Å²) in [6.07, 6.45) is 17.0. The Balaban J connectivity index is 0.886. The molecule has 0 radical (unpaired) electrons. The molecule has 19 rings (SSSR count). The number of likely N-dealkylation sites (tertiary alicyclic amines) is 1. The van der Waals surface area contributed by atoms with Gasteiger partial charge in [0.2, 0.25) is 0 Å². The molecule has 1 heterocycles. The van der Waals surface area contributed by atoms with E-state index in [9.17, 15) is 0 Å². The first-order valence-electron chi connectivity index (χ1n) is 25.6. The summed E-state index contributed by atoms with van der Waals surface area (Å²) in [4.78, 5) is 3.13. The van der Waals surface area contributed by atoms with Gasteiger partial charge in [0.1, 0.15) is 0 Å². The molecule has 29 unspecified atom stereocenters. The molecule has 57 heavy (non-hydrogen) atoms.